The zero-order chi connectivity index (χ0) is 13.1. The third-order valence-corrected chi connectivity index (χ3v) is 2.13. The van der Waals surface area contributed by atoms with Crippen LogP contribution in [-0.2, 0) is 0 Å². The highest BCUT2D eigenvalue weighted by atomic mass is 35.5. The Morgan fingerprint density at radius 3 is 1.61 bits per heavy atom. The fraction of sp³-hybridized carbons (Fsp3) is 0.800. The zero-order valence-electron chi connectivity index (χ0n) is 11.5. The smallest absolute Gasteiger partial charge is 0.424 e. The van der Waals surface area contributed by atoms with Crippen LogP contribution in [0.1, 0.15) is 0 Å². The van der Waals surface area contributed by atoms with Crippen molar-refractivity contribution in [3.05, 3.63) is 11.8 Å². The quantitative estimate of drug-likeness (QED) is 0.492. The summed E-state index contributed by atoms with van der Waals surface area (Å²) in [5, 5.41) is 0. The summed E-state index contributed by atoms with van der Waals surface area (Å²) in [5.74, 6) is 0. The van der Waals surface area contributed by atoms with Crippen LogP contribution in [0.25, 0.3) is 0 Å². The Hall–Kier alpha value is -0.0100. The standard InChI is InChI=1S/C10H20F3N3.2ClH/c1-14(2)7-8(10(11,12)13)9(15(3)4)16(5)6;;/h7,9H,1-6H3;2*1H/b8-7+;;. The predicted octanol–water partition coefficient (Wildman–Crippen LogP) is -7.38. The van der Waals surface area contributed by atoms with Gasteiger partial charge in [0.15, 0.2) is 11.7 Å². The maximum absolute atomic E-state index is 12.9. The van der Waals surface area contributed by atoms with Crippen molar-refractivity contribution >= 4 is 0 Å². The predicted molar refractivity (Wildman–Crippen MR) is 57.2 cm³/mol. The van der Waals surface area contributed by atoms with E-state index in [1.807, 2.05) is 0 Å². The molecule has 0 rings (SSSR count). The minimum Gasteiger partial charge on any atom is -1.00 e. The van der Waals surface area contributed by atoms with Gasteiger partial charge in [-0.3, -0.25) is 4.90 Å². The van der Waals surface area contributed by atoms with Gasteiger partial charge in [-0.2, -0.15) is 13.2 Å². The summed E-state index contributed by atoms with van der Waals surface area (Å²) in [6, 6.07) is 0. The molecule has 0 aliphatic rings. The van der Waals surface area contributed by atoms with Crippen molar-refractivity contribution in [3.63, 3.8) is 0 Å². The molecule has 3 nitrogen and oxygen atoms in total. The van der Waals surface area contributed by atoms with Gasteiger partial charge in [0.05, 0.1) is 28.2 Å². The van der Waals surface area contributed by atoms with Gasteiger partial charge in [0.1, 0.15) is 6.20 Å². The van der Waals surface area contributed by atoms with Crippen molar-refractivity contribution < 1.29 is 47.8 Å². The second-order valence-corrected chi connectivity index (χ2v) is 4.62. The first-order valence-electron chi connectivity index (χ1n) is 5.12. The average Bonchev–Trinajstić information content (AvgIpc) is 1.98. The number of halogens is 5. The Bertz CT molecular complexity index is 245. The first-order chi connectivity index (χ1) is 7.07. The summed E-state index contributed by atoms with van der Waals surface area (Å²) in [5.41, 5.74) is -0.502. The van der Waals surface area contributed by atoms with Crippen LogP contribution >= 0.6 is 0 Å². The number of hydrogen-bond acceptors (Lipinski definition) is 1. The number of likely N-dealkylation sites (N-methyl/N-ethyl adjacent to an activating group) is 2. The summed E-state index contributed by atoms with van der Waals surface area (Å²) in [4.78, 5) is 2.97. The summed E-state index contributed by atoms with van der Waals surface area (Å²) < 4.78 is 38.8. The third kappa shape index (κ3) is 7.43. The maximum Gasteiger partial charge on any atom is 0.424 e. The second-order valence-electron chi connectivity index (χ2n) is 4.62. The van der Waals surface area contributed by atoms with Crippen LogP contribution in [-0.4, -0.2) is 59.5 Å². The Labute approximate surface area is 119 Å². The van der Waals surface area contributed by atoms with Crippen molar-refractivity contribution in [2.75, 3.05) is 42.3 Å². The summed E-state index contributed by atoms with van der Waals surface area (Å²) in [7, 11) is 10.1. The van der Waals surface area contributed by atoms with Gasteiger partial charge >= 0.3 is 6.18 Å². The molecule has 1 atom stereocenters. The van der Waals surface area contributed by atoms with E-state index in [0.717, 1.165) is 4.90 Å². The van der Waals surface area contributed by atoms with E-state index in [0.29, 0.717) is 4.90 Å². The molecule has 0 fully saturated rings. The van der Waals surface area contributed by atoms with E-state index in [4.69, 9.17) is 0 Å². The van der Waals surface area contributed by atoms with Crippen molar-refractivity contribution in [3.8, 4) is 0 Å². The lowest BCUT2D eigenvalue weighted by Gasteiger charge is -2.29. The van der Waals surface area contributed by atoms with Crippen LogP contribution in [0.5, 0.6) is 0 Å². The molecule has 0 radical (unpaired) electrons. The summed E-state index contributed by atoms with van der Waals surface area (Å²) >= 11 is 0. The van der Waals surface area contributed by atoms with Gasteiger partial charge < -0.3 is 34.6 Å². The summed E-state index contributed by atoms with van der Waals surface area (Å²) in [6.45, 7) is 0. The van der Waals surface area contributed by atoms with Gasteiger partial charge in [0.2, 0.25) is 0 Å². The van der Waals surface area contributed by atoms with E-state index in [1.165, 1.54) is 6.20 Å². The molecule has 0 aliphatic heterocycles. The molecule has 0 aromatic rings. The zero-order valence-corrected chi connectivity index (χ0v) is 13.0. The van der Waals surface area contributed by atoms with Gasteiger partial charge in [-0.15, -0.1) is 0 Å². The van der Waals surface area contributed by atoms with Crippen LogP contribution in [0.4, 0.5) is 13.2 Å². The van der Waals surface area contributed by atoms with Crippen molar-refractivity contribution in [2.45, 2.75) is 12.3 Å². The van der Waals surface area contributed by atoms with Crippen LogP contribution in [0.3, 0.4) is 0 Å². The molecule has 1 unspecified atom stereocenters. The van der Waals surface area contributed by atoms with E-state index in [-0.39, 0.29) is 24.8 Å². The molecule has 2 N–H and O–H groups in total. The number of quaternary nitrogens is 2. The minimum atomic E-state index is -4.29. The Balaban J connectivity index is -0.00000112. The average molecular weight is 312 g/mol. The number of alkyl halides is 3. The largest absolute Gasteiger partial charge is 1.00 e. The topological polar surface area (TPSA) is 12.1 Å². The normalized spacial score (nSPS) is 14.6. The molecule has 0 bridgehead atoms. The minimum absolute atomic E-state index is 0. The Kier molecular flexibility index (Phi) is 11.5. The van der Waals surface area contributed by atoms with E-state index < -0.39 is 17.9 Å². The van der Waals surface area contributed by atoms with Crippen molar-refractivity contribution in [2.24, 2.45) is 0 Å². The number of hydrogen-bond donors (Lipinski definition) is 2. The van der Waals surface area contributed by atoms with Gasteiger partial charge in [0, 0.05) is 0 Å². The molecular formula is C10H22Cl2F3N3. The number of rotatable bonds is 4. The third-order valence-electron chi connectivity index (χ3n) is 2.13. The highest BCUT2D eigenvalue weighted by Crippen LogP contribution is 2.26. The van der Waals surface area contributed by atoms with E-state index in [2.05, 4.69) is 0 Å². The Morgan fingerprint density at radius 1 is 1.06 bits per heavy atom. The second kappa shape index (κ2) is 8.98. The maximum atomic E-state index is 12.9. The van der Waals surface area contributed by atoms with E-state index >= 15 is 0 Å². The molecular weight excluding hydrogens is 290 g/mol. The van der Waals surface area contributed by atoms with Crippen LogP contribution in [0.15, 0.2) is 11.8 Å². The van der Waals surface area contributed by atoms with E-state index in [9.17, 15) is 13.2 Å². The molecule has 0 spiro atoms. The molecule has 0 aliphatic carbocycles. The van der Waals surface area contributed by atoms with Crippen LogP contribution in [0, 0.1) is 0 Å². The summed E-state index contributed by atoms with van der Waals surface area (Å²) in [6.07, 6.45) is -3.75. The van der Waals surface area contributed by atoms with Crippen molar-refractivity contribution in [1.29, 1.82) is 0 Å². The highest BCUT2D eigenvalue weighted by molar-refractivity contribution is 5.10. The molecule has 0 saturated carbocycles. The molecule has 0 aromatic carbocycles. The monoisotopic (exact) mass is 311 g/mol. The first kappa shape index (κ1) is 23.1. The highest BCUT2D eigenvalue weighted by Gasteiger charge is 2.44. The van der Waals surface area contributed by atoms with Gasteiger partial charge in [-0.1, -0.05) is 0 Å². The Morgan fingerprint density at radius 2 is 1.44 bits per heavy atom. The van der Waals surface area contributed by atoms with Crippen LogP contribution in [0.2, 0.25) is 0 Å². The molecule has 0 aromatic heterocycles. The molecule has 8 heteroatoms. The number of nitrogens with zero attached hydrogens (tertiary/aromatic N) is 1. The molecule has 0 amide bonds. The fourth-order valence-corrected chi connectivity index (χ4v) is 1.73. The molecule has 18 heavy (non-hydrogen) atoms. The van der Waals surface area contributed by atoms with Gasteiger partial charge in [-0.05, 0) is 14.1 Å². The van der Waals surface area contributed by atoms with Gasteiger partial charge in [0.25, 0.3) is 0 Å². The fourth-order valence-electron chi connectivity index (χ4n) is 1.73. The molecule has 0 heterocycles. The lowest BCUT2D eigenvalue weighted by Crippen LogP contribution is -3.13. The van der Waals surface area contributed by atoms with Gasteiger partial charge in [-0.25, -0.2) is 0 Å². The van der Waals surface area contributed by atoms with E-state index in [1.54, 1.807) is 47.2 Å². The number of nitrogens with one attached hydrogen (secondary N) is 2. The molecule has 112 valence electrons. The lowest BCUT2D eigenvalue weighted by molar-refractivity contribution is -0.894. The molecule has 0 saturated heterocycles. The van der Waals surface area contributed by atoms with Crippen molar-refractivity contribution in [1.82, 2.24) is 4.90 Å². The SMILES string of the molecule is CN(C)C(/C(=C\[NH+](C)C)C(F)(F)F)[NH+](C)C.[Cl-].[Cl-]. The van der Waals surface area contributed by atoms with Crippen LogP contribution < -0.4 is 34.6 Å². The lowest BCUT2D eigenvalue weighted by atomic mass is 10.1. The first-order valence-corrected chi connectivity index (χ1v) is 5.12.